The Morgan fingerprint density at radius 3 is 2.44 bits per heavy atom. The van der Waals surface area contributed by atoms with E-state index in [1.54, 1.807) is 24.3 Å². The second-order valence-electron chi connectivity index (χ2n) is 8.67. The van der Waals surface area contributed by atoms with Crippen molar-refractivity contribution in [1.82, 2.24) is 15.6 Å². The van der Waals surface area contributed by atoms with Crippen LogP contribution in [-0.2, 0) is 11.3 Å². The summed E-state index contributed by atoms with van der Waals surface area (Å²) in [6, 6.07) is 16.3. The monoisotopic (exact) mass is 495 g/mol. The smallest absolute Gasteiger partial charge is 0.270 e. The topological polar surface area (TPSA) is 84.2 Å². The molecule has 0 saturated heterocycles. The SMILES string of the molecule is O=C(NC1CCC(C(=O)NCc2cc3cc(Cl)ccc3o2)CC1)c1ccc2cc(Cl)ccc2n1. The standard InChI is InChI=1S/C26H23Cl2N3O3/c27-18-4-9-22-16(11-18)3-8-23(31-22)26(33)30-20-6-1-15(2-7-20)25(32)29-14-21-13-17-12-19(28)5-10-24(17)34-21/h3-5,8-13,15,20H,1-2,6-7,14H2,(H,29,32)(H,30,33). The van der Waals surface area contributed by atoms with Crippen molar-refractivity contribution in [3.05, 3.63) is 76.1 Å². The number of rotatable bonds is 5. The van der Waals surface area contributed by atoms with E-state index in [1.807, 2.05) is 30.3 Å². The van der Waals surface area contributed by atoms with Gasteiger partial charge >= 0.3 is 0 Å². The number of aromatic nitrogens is 1. The van der Waals surface area contributed by atoms with E-state index in [0.717, 1.165) is 47.6 Å². The molecular weight excluding hydrogens is 473 g/mol. The lowest BCUT2D eigenvalue weighted by atomic mass is 9.85. The molecule has 0 spiro atoms. The van der Waals surface area contributed by atoms with Crippen LogP contribution in [0.5, 0.6) is 0 Å². The summed E-state index contributed by atoms with van der Waals surface area (Å²) in [5.41, 5.74) is 1.85. The molecule has 2 N–H and O–H groups in total. The molecule has 2 aromatic heterocycles. The molecule has 2 amide bonds. The van der Waals surface area contributed by atoms with Crippen molar-refractivity contribution in [3.8, 4) is 0 Å². The zero-order chi connectivity index (χ0) is 23.7. The van der Waals surface area contributed by atoms with Gasteiger partial charge in [-0.3, -0.25) is 9.59 Å². The van der Waals surface area contributed by atoms with E-state index >= 15 is 0 Å². The van der Waals surface area contributed by atoms with Crippen LogP contribution in [0.1, 0.15) is 41.9 Å². The number of nitrogens with one attached hydrogen (secondary N) is 2. The van der Waals surface area contributed by atoms with E-state index in [0.29, 0.717) is 28.0 Å². The minimum Gasteiger partial charge on any atom is -0.459 e. The van der Waals surface area contributed by atoms with Gasteiger partial charge in [-0.1, -0.05) is 29.3 Å². The molecule has 1 aliphatic rings. The number of benzene rings is 2. The summed E-state index contributed by atoms with van der Waals surface area (Å²) in [6.45, 7) is 0.334. The Bertz CT molecular complexity index is 1380. The first-order valence-electron chi connectivity index (χ1n) is 11.3. The predicted octanol–water partition coefficient (Wildman–Crippen LogP) is 5.89. The van der Waals surface area contributed by atoms with Crippen LogP contribution in [0.2, 0.25) is 10.0 Å². The number of hydrogen-bond acceptors (Lipinski definition) is 4. The first-order valence-corrected chi connectivity index (χ1v) is 12.0. The fourth-order valence-electron chi connectivity index (χ4n) is 4.46. The average molecular weight is 496 g/mol. The number of amides is 2. The number of fused-ring (bicyclic) bond motifs is 2. The zero-order valence-corrected chi connectivity index (χ0v) is 19.8. The van der Waals surface area contributed by atoms with Gasteiger partial charge < -0.3 is 15.1 Å². The van der Waals surface area contributed by atoms with Gasteiger partial charge in [0.05, 0.1) is 12.1 Å². The van der Waals surface area contributed by atoms with Gasteiger partial charge in [0.2, 0.25) is 5.91 Å². The van der Waals surface area contributed by atoms with Crippen molar-refractivity contribution in [2.24, 2.45) is 5.92 Å². The Balaban J connectivity index is 1.11. The molecule has 0 aliphatic heterocycles. The maximum atomic E-state index is 12.7. The minimum atomic E-state index is -0.199. The van der Waals surface area contributed by atoms with Crippen molar-refractivity contribution >= 4 is 56.9 Å². The van der Waals surface area contributed by atoms with Gasteiger partial charge in [-0.15, -0.1) is 0 Å². The average Bonchev–Trinajstić information content (AvgIpc) is 3.24. The van der Waals surface area contributed by atoms with Gasteiger partial charge in [0.1, 0.15) is 17.0 Å². The van der Waals surface area contributed by atoms with Crippen molar-refractivity contribution in [2.75, 3.05) is 0 Å². The molecule has 34 heavy (non-hydrogen) atoms. The molecule has 0 bridgehead atoms. The lowest BCUT2D eigenvalue weighted by Crippen LogP contribution is -2.41. The van der Waals surface area contributed by atoms with Gasteiger partial charge in [0.25, 0.3) is 5.91 Å². The molecule has 4 aromatic rings. The van der Waals surface area contributed by atoms with Crippen LogP contribution in [-0.4, -0.2) is 22.8 Å². The zero-order valence-electron chi connectivity index (χ0n) is 18.3. The second kappa shape index (κ2) is 9.65. The molecule has 0 atom stereocenters. The highest BCUT2D eigenvalue weighted by Gasteiger charge is 2.27. The summed E-state index contributed by atoms with van der Waals surface area (Å²) in [5.74, 6) is 0.431. The van der Waals surface area contributed by atoms with Crippen molar-refractivity contribution in [1.29, 1.82) is 0 Å². The predicted molar refractivity (Wildman–Crippen MR) is 133 cm³/mol. The molecule has 2 heterocycles. The summed E-state index contributed by atoms with van der Waals surface area (Å²) >= 11 is 12.0. The third kappa shape index (κ3) is 5.03. The molecule has 8 heteroatoms. The number of halogens is 2. The third-order valence-corrected chi connectivity index (χ3v) is 6.75. The van der Waals surface area contributed by atoms with Gasteiger partial charge in [-0.05, 0) is 74.2 Å². The van der Waals surface area contributed by atoms with Crippen LogP contribution >= 0.6 is 23.2 Å². The lowest BCUT2D eigenvalue weighted by molar-refractivity contribution is -0.126. The Labute approximate surface area is 206 Å². The molecule has 1 aliphatic carbocycles. The number of carbonyl (C=O) groups is 2. The van der Waals surface area contributed by atoms with Gasteiger partial charge in [-0.25, -0.2) is 4.98 Å². The maximum Gasteiger partial charge on any atom is 0.270 e. The van der Waals surface area contributed by atoms with Crippen LogP contribution in [0.4, 0.5) is 0 Å². The van der Waals surface area contributed by atoms with E-state index in [9.17, 15) is 9.59 Å². The summed E-state index contributed by atoms with van der Waals surface area (Å²) in [6.07, 6.45) is 2.93. The molecule has 1 fully saturated rings. The van der Waals surface area contributed by atoms with Crippen LogP contribution in [0, 0.1) is 5.92 Å². The first-order chi connectivity index (χ1) is 16.4. The van der Waals surface area contributed by atoms with Crippen LogP contribution in [0.15, 0.2) is 59.0 Å². The fourth-order valence-corrected chi connectivity index (χ4v) is 4.82. The summed E-state index contributed by atoms with van der Waals surface area (Å²) in [5, 5.41) is 9.12. The lowest BCUT2D eigenvalue weighted by Gasteiger charge is -2.28. The normalized spacial score (nSPS) is 18.2. The summed E-state index contributed by atoms with van der Waals surface area (Å²) in [4.78, 5) is 29.8. The number of furan rings is 1. The molecule has 174 valence electrons. The van der Waals surface area contributed by atoms with E-state index < -0.39 is 0 Å². The Morgan fingerprint density at radius 2 is 1.65 bits per heavy atom. The maximum absolute atomic E-state index is 12.7. The quantitative estimate of drug-likeness (QED) is 0.361. The molecule has 0 radical (unpaired) electrons. The van der Waals surface area contributed by atoms with E-state index in [4.69, 9.17) is 27.6 Å². The molecule has 5 rings (SSSR count). The number of hydrogen-bond donors (Lipinski definition) is 2. The van der Waals surface area contributed by atoms with E-state index in [2.05, 4.69) is 15.6 Å². The molecule has 1 saturated carbocycles. The van der Waals surface area contributed by atoms with Gasteiger partial charge in [-0.2, -0.15) is 0 Å². The van der Waals surface area contributed by atoms with Crippen LogP contribution in [0.25, 0.3) is 21.9 Å². The van der Waals surface area contributed by atoms with Gasteiger partial charge in [0.15, 0.2) is 0 Å². The van der Waals surface area contributed by atoms with Crippen LogP contribution < -0.4 is 10.6 Å². The highest BCUT2D eigenvalue weighted by molar-refractivity contribution is 6.31. The minimum absolute atomic E-state index is 0.0121. The number of carbonyl (C=O) groups excluding carboxylic acids is 2. The highest BCUT2D eigenvalue weighted by atomic mass is 35.5. The van der Waals surface area contributed by atoms with Crippen molar-refractivity contribution in [3.63, 3.8) is 0 Å². The van der Waals surface area contributed by atoms with Gasteiger partial charge in [0, 0.05) is 32.8 Å². The second-order valence-corrected chi connectivity index (χ2v) is 9.54. The third-order valence-electron chi connectivity index (χ3n) is 6.28. The molecular formula is C26H23Cl2N3O3. The van der Waals surface area contributed by atoms with Crippen molar-refractivity contribution in [2.45, 2.75) is 38.3 Å². The van der Waals surface area contributed by atoms with Crippen LogP contribution in [0.3, 0.4) is 0 Å². The molecule has 6 nitrogen and oxygen atoms in total. The summed E-state index contributed by atoms with van der Waals surface area (Å²) < 4.78 is 5.76. The number of pyridine rings is 1. The Morgan fingerprint density at radius 1 is 0.912 bits per heavy atom. The summed E-state index contributed by atoms with van der Waals surface area (Å²) in [7, 11) is 0. The largest absolute Gasteiger partial charge is 0.459 e. The molecule has 0 unspecified atom stereocenters. The first kappa shape index (κ1) is 22.7. The number of nitrogens with zero attached hydrogens (tertiary/aromatic N) is 1. The van der Waals surface area contributed by atoms with Crippen molar-refractivity contribution < 1.29 is 14.0 Å². The fraction of sp³-hybridized carbons (Fsp3) is 0.269. The molecule has 2 aromatic carbocycles. The highest BCUT2D eigenvalue weighted by Crippen LogP contribution is 2.26. The Kier molecular flexibility index (Phi) is 6.44. The Hall–Kier alpha value is -3.09. The van der Waals surface area contributed by atoms with E-state index in [1.165, 1.54) is 0 Å². The van der Waals surface area contributed by atoms with E-state index in [-0.39, 0.29) is 23.8 Å².